The standard InChI is InChI=1S/C14H18FNO4/c1-3-5-12(14(18)19-4-2)20-13(17)9-6-10(15)8-11(16)7-9/h6-8,12H,3-5,16H2,1-2H3. The van der Waals surface area contributed by atoms with Crippen molar-refractivity contribution in [2.24, 2.45) is 0 Å². The summed E-state index contributed by atoms with van der Waals surface area (Å²) in [5.74, 6) is -2.05. The van der Waals surface area contributed by atoms with Crippen LogP contribution >= 0.6 is 0 Å². The van der Waals surface area contributed by atoms with Crippen LogP contribution in [0.1, 0.15) is 37.0 Å². The van der Waals surface area contributed by atoms with Crippen LogP contribution in [0, 0.1) is 5.82 Å². The van der Waals surface area contributed by atoms with Gasteiger partial charge in [-0.05, 0) is 31.5 Å². The number of carbonyl (C=O) groups is 2. The van der Waals surface area contributed by atoms with Crippen molar-refractivity contribution in [3.63, 3.8) is 0 Å². The van der Waals surface area contributed by atoms with E-state index < -0.39 is 23.9 Å². The topological polar surface area (TPSA) is 78.6 Å². The van der Waals surface area contributed by atoms with E-state index in [0.717, 1.165) is 12.1 Å². The van der Waals surface area contributed by atoms with E-state index in [0.29, 0.717) is 12.8 Å². The maximum Gasteiger partial charge on any atom is 0.347 e. The van der Waals surface area contributed by atoms with E-state index in [1.54, 1.807) is 6.92 Å². The summed E-state index contributed by atoms with van der Waals surface area (Å²) < 4.78 is 23.1. The molecule has 1 aromatic rings. The molecule has 1 unspecified atom stereocenters. The molecule has 0 aliphatic carbocycles. The van der Waals surface area contributed by atoms with Crippen molar-refractivity contribution in [1.82, 2.24) is 0 Å². The van der Waals surface area contributed by atoms with Gasteiger partial charge in [-0.3, -0.25) is 0 Å². The summed E-state index contributed by atoms with van der Waals surface area (Å²) in [7, 11) is 0. The largest absolute Gasteiger partial charge is 0.463 e. The van der Waals surface area contributed by atoms with Crippen molar-refractivity contribution >= 4 is 17.6 Å². The molecule has 0 aromatic heterocycles. The predicted molar refractivity (Wildman–Crippen MR) is 71.6 cm³/mol. The number of benzene rings is 1. The van der Waals surface area contributed by atoms with Crippen molar-refractivity contribution in [3.8, 4) is 0 Å². The van der Waals surface area contributed by atoms with Gasteiger partial charge in [-0.15, -0.1) is 0 Å². The maximum atomic E-state index is 13.2. The highest BCUT2D eigenvalue weighted by Crippen LogP contribution is 2.14. The van der Waals surface area contributed by atoms with E-state index in [-0.39, 0.29) is 17.9 Å². The van der Waals surface area contributed by atoms with Crippen LogP contribution in [0.25, 0.3) is 0 Å². The van der Waals surface area contributed by atoms with E-state index in [4.69, 9.17) is 15.2 Å². The molecule has 6 heteroatoms. The van der Waals surface area contributed by atoms with Gasteiger partial charge in [0.2, 0.25) is 0 Å². The fourth-order valence-corrected chi connectivity index (χ4v) is 1.65. The Morgan fingerprint density at radius 2 is 2.00 bits per heavy atom. The fourth-order valence-electron chi connectivity index (χ4n) is 1.65. The first-order valence-corrected chi connectivity index (χ1v) is 6.41. The van der Waals surface area contributed by atoms with Crippen LogP contribution in [0.3, 0.4) is 0 Å². The van der Waals surface area contributed by atoms with E-state index in [1.807, 2.05) is 6.92 Å². The third-order valence-corrected chi connectivity index (χ3v) is 2.51. The lowest BCUT2D eigenvalue weighted by molar-refractivity contribution is -0.153. The molecule has 0 saturated carbocycles. The minimum atomic E-state index is -0.989. The number of nitrogen functional groups attached to an aromatic ring is 1. The quantitative estimate of drug-likeness (QED) is 0.640. The Labute approximate surface area is 116 Å². The number of ether oxygens (including phenoxy) is 2. The first-order valence-electron chi connectivity index (χ1n) is 6.41. The SMILES string of the molecule is CCCC(OC(=O)c1cc(N)cc(F)c1)C(=O)OCC. The Kier molecular flexibility index (Phi) is 5.96. The molecular formula is C14H18FNO4. The number of carbonyl (C=O) groups excluding carboxylic acids is 2. The zero-order chi connectivity index (χ0) is 15.1. The Morgan fingerprint density at radius 3 is 2.55 bits per heavy atom. The summed E-state index contributed by atoms with van der Waals surface area (Å²) in [5.41, 5.74) is 5.53. The molecule has 2 N–H and O–H groups in total. The second kappa shape index (κ2) is 7.47. The number of halogens is 1. The van der Waals surface area contributed by atoms with E-state index in [9.17, 15) is 14.0 Å². The first-order chi connectivity index (χ1) is 9.47. The molecule has 20 heavy (non-hydrogen) atoms. The number of esters is 2. The highest BCUT2D eigenvalue weighted by atomic mass is 19.1. The molecule has 0 bridgehead atoms. The van der Waals surface area contributed by atoms with Gasteiger partial charge in [-0.2, -0.15) is 0 Å². The van der Waals surface area contributed by atoms with E-state index in [2.05, 4.69) is 0 Å². The lowest BCUT2D eigenvalue weighted by Crippen LogP contribution is -2.29. The zero-order valence-electron chi connectivity index (χ0n) is 11.5. The predicted octanol–water partition coefficient (Wildman–Crippen LogP) is 2.30. The Hall–Kier alpha value is -2.11. The average molecular weight is 283 g/mol. The van der Waals surface area contributed by atoms with Crippen LogP contribution in [-0.4, -0.2) is 24.6 Å². The monoisotopic (exact) mass is 283 g/mol. The molecule has 5 nitrogen and oxygen atoms in total. The first kappa shape index (κ1) is 15.9. The highest BCUT2D eigenvalue weighted by molar-refractivity contribution is 5.92. The maximum absolute atomic E-state index is 13.2. The second-order valence-corrected chi connectivity index (χ2v) is 4.21. The van der Waals surface area contributed by atoms with Crippen molar-refractivity contribution in [3.05, 3.63) is 29.6 Å². The molecule has 0 spiro atoms. The molecule has 0 aliphatic heterocycles. The minimum Gasteiger partial charge on any atom is -0.463 e. The summed E-state index contributed by atoms with van der Waals surface area (Å²) in [6.07, 6.45) is -0.00539. The average Bonchev–Trinajstić information content (AvgIpc) is 2.37. The molecule has 110 valence electrons. The van der Waals surface area contributed by atoms with Crippen LogP contribution in [0.4, 0.5) is 10.1 Å². The minimum absolute atomic E-state index is 0.0344. The normalized spacial score (nSPS) is 11.8. The zero-order valence-corrected chi connectivity index (χ0v) is 11.5. The van der Waals surface area contributed by atoms with Crippen molar-refractivity contribution in [2.45, 2.75) is 32.8 Å². The third kappa shape index (κ3) is 4.53. The van der Waals surface area contributed by atoms with Gasteiger partial charge in [0.05, 0.1) is 12.2 Å². The Bertz CT molecular complexity index is 470. The van der Waals surface area contributed by atoms with Crippen LogP contribution in [0.15, 0.2) is 18.2 Å². The van der Waals surface area contributed by atoms with Crippen LogP contribution < -0.4 is 5.73 Å². The number of nitrogens with two attached hydrogens (primary N) is 1. The van der Waals surface area contributed by atoms with Gasteiger partial charge in [0.25, 0.3) is 0 Å². The molecule has 1 rings (SSSR count). The molecule has 0 heterocycles. The number of hydrogen-bond acceptors (Lipinski definition) is 5. The molecule has 0 amide bonds. The third-order valence-electron chi connectivity index (χ3n) is 2.51. The van der Waals surface area contributed by atoms with Gasteiger partial charge >= 0.3 is 11.9 Å². The smallest absolute Gasteiger partial charge is 0.347 e. The van der Waals surface area contributed by atoms with Gasteiger partial charge in [0.1, 0.15) is 5.82 Å². The Balaban J connectivity index is 2.82. The lowest BCUT2D eigenvalue weighted by atomic mass is 10.2. The second-order valence-electron chi connectivity index (χ2n) is 4.21. The van der Waals surface area contributed by atoms with Crippen molar-refractivity contribution < 1.29 is 23.5 Å². The van der Waals surface area contributed by atoms with E-state index >= 15 is 0 Å². The molecular weight excluding hydrogens is 265 g/mol. The van der Waals surface area contributed by atoms with Crippen molar-refractivity contribution in [2.75, 3.05) is 12.3 Å². The summed E-state index contributed by atoms with van der Waals surface area (Å²) in [5, 5.41) is 0. The number of hydrogen-bond donors (Lipinski definition) is 1. The van der Waals surface area contributed by atoms with Gasteiger partial charge in [-0.25, -0.2) is 14.0 Å². The molecule has 1 aromatic carbocycles. The van der Waals surface area contributed by atoms with Gasteiger partial charge in [-0.1, -0.05) is 13.3 Å². The highest BCUT2D eigenvalue weighted by Gasteiger charge is 2.24. The van der Waals surface area contributed by atoms with Crippen LogP contribution in [-0.2, 0) is 14.3 Å². The van der Waals surface area contributed by atoms with Gasteiger partial charge in [0.15, 0.2) is 6.10 Å². The lowest BCUT2D eigenvalue weighted by Gasteiger charge is -2.15. The molecule has 0 saturated heterocycles. The summed E-state index contributed by atoms with van der Waals surface area (Å²) in [4.78, 5) is 23.5. The van der Waals surface area contributed by atoms with Crippen LogP contribution in [0.2, 0.25) is 0 Å². The molecule has 0 fully saturated rings. The number of rotatable bonds is 6. The molecule has 0 aliphatic rings. The van der Waals surface area contributed by atoms with Crippen molar-refractivity contribution in [1.29, 1.82) is 0 Å². The van der Waals surface area contributed by atoms with Crippen LogP contribution in [0.5, 0.6) is 0 Å². The summed E-state index contributed by atoms with van der Waals surface area (Å²) in [6.45, 7) is 3.71. The Morgan fingerprint density at radius 1 is 1.30 bits per heavy atom. The molecule has 0 radical (unpaired) electrons. The fraction of sp³-hybridized carbons (Fsp3) is 0.429. The summed E-state index contributed by atoms with van der Waals surface area (Å²) in [6, 6.07) is 3.39. The summed E-state index contributed by atoms with van der Waals surface area (Å²) >= 11 is 0. The van der Waals surface area contributed by atoms with Gasteiger partial charge in [0, 0.05) is 5.69 Å². The van der Waals surface area contributed by atoms with Gasteiger partial charge < -0.3 is 15.2 Å². The van der Waals surface area contributed by atoms with E-state index in [1.165, 1.54) is 6.07 Å². The molecule has 1 atom stereocenters. The number of anilines is 1.